The molecule has 0 heterocycles. The lowest BCUT2D eigenvalue weighted by molar-refractivity contribution is -0.131. The van der Waals surface area contributed by atoms with Gasteiger partial charge in [0.15, 0.2) is 0 Å². The summed E-state index contributed by atoms with van der Waals surface area (Å²) in [7, 11) is 1.69. The standard InChI is InChI=1S/C18H20F2N2O2.ClH/c1-22(12-13-7-9-15(10-8-13)24-18(19)20)17(23)16(11-21)14-5-3-2-4-6-14;/h2-10,16,18H,11-12,21H2,1H3;1H. The molecule has 2 N–H and O–H groups in total. The van der Waals surface area contributed by atoms with Crippen molar-refractivity contribution < 1.29 is 18.3 Å². The predicted octanol–water partition coefficient (Wildman–Crippen LogP) is 3.41. The first-order valence-corrected chi connectivity index (χ1v) is 7.55. The van der Waals surface area contributed by atoms with Crippen molar-refractivity contribution in [2.24, 2.45) is 5.73 Å². The van der Waals surface area contributed by atoms with Crippen molar-refractivity contribution in [3.63, 3.8) is 0 Å². The Hall–Kier alpha value is -2.18. The van der Waals surface area contributed by atoms with Crippen molar-refractivity contribution in [3.05, 3.63) is 65.7 Å². The molecule has 0 saturated carbocycles. The highest BCUT2D eigenvalue weighted by Crippen LogP contribution is 2.19. The Labute approximate surface area is 152 Å². The molecule has 0 spiro atoms. The van der Waals surface area contributed by atoms with E-state index in [0.717, 1.165) is 11.1 Å². The zero-order valence-electron chi connectivity index (χ0n) is 13.8. The predicted molar refractivity (Wildman–Crippen MR) is 95.0 cm³/mol. The van der Waals surface area contributed by atoms with Crippen LogP contribution >= 0.6 is 12.4 Å². The van der Waals surface area contributed by atoms with Crippen molar-refractivity contribution in [2.45, 2.75) is 19.1 Å². The summed E-state index contributed by atoms with van der Waals surface area (Å²) in [4.78, 5) is 14.2. The number of nitrogens with zero attached hydrogens (tertiary/aromatic N) is 1. The minimum absolute atomic E-state index is 0. The molecule has 25 heavy (non-hydrogen) atoms. The first kappa shape index (κ1) is 20.9. The highest BCUT2D eigenvalue weighted by atomic mass is 35.5. The second-order valence-corrected chi connectivity index (χ2v) is 5.42. The van der Waals surface area contributed by atoms with Crippen LogP contribution < -0.4 is 10.5 Å². The number of alkyl halides is 2. The monoisotopic (exact) mass is 370 g/mol. The van der Waals surface area contributed by atoms with E-state index in [-0.39, 0.29) is 30.6 Å². The number of ether oxygens (including phenoxy) is 1. The molecular formula is C18H21ClF2N2O2. The van der Waals surface area contributed by atoms with E-state index in [1.54, 1.807) is 24.1 Å². The molecule has 0 fully saturated rings. The summed E-state index contributed by atoms with van der Waals surface area (Å²) in [6.45, 7) is -2.28. The third-order valence-electron chi connectivity index (χ3n) is 3.68. The summed E-state index contributed by atoms with van der Waals surface area (Å²) >= 11 is 0. The van der Waals surface area contributed by atoms with Crippen molar-refractivity contribution in [3.8, 4) is 5.75 Å². The van der Waals surface area contributed by atoms with E-state index in [9.17, 15) is 13.6 Å². The number of halogens is 3. The Morgan fingerprint density at radius 2 is 1.72 bits per heavy atom. The lowest BCUT2D eigenvalue weighted by atomic mass is 9.97. The van der Waals surface area contributed by atoms with Gasteiger partial charge in [0.2, 0.25) is 5.91 Å². The summed E-state index contributed by atoms with van der Waals surface area (Å²) in [5, 5.41) is 0. The molecule has 2 aromatic rings. The molecule has 2 rings (SSSR count). The van der Waals surface area contributed by atoms with Crippen LogP contribution in [0.3, 0.4) is 0 Å². The van der Waals surface area contributed by atoms with Crippen LogP contribution in [0.15, 0.2) is 54.6 Å². The van der Waals surface area contributed by atoms with E-state index in [2.05, 4.69) is 4.74 Å². The van der Waals surface area contributed by atoms with E-state index in [0.29, 0.717) is 6.54 Å². The van der Waals surface area contributed by atoms with Gasteiger partial charge in [-0.1, -0.05) is 42.5 Å². The number of nitrogens with two attached hydrogens (primary N) is 1. The molecule has 1 amide bonds. The molecule has 0 aliphatic rings. The molecule has 0 saturated heterocycles. The quantitative estimate of drug-likeness (QED) is 0.812. The summed E-state index contributed by atoms with van der Waals surface area (Å²) in [6.07, 6.45) is 0. The zero-order chi connectivity index (χ0) is 17.5. The van der Waals surface area contributed by atoms with E-state index in [4.69, 9.17) is 5.73 Å². The van der Waals surface area contributed by atoms with Gasteiger partial charge in [0.05, 0.1) is 5.92 Å². The van der Waals surface area contributed by atoms with Crippen LogP contribution in [0.1, 0.15) is 17.0 Å². The van der Waals surface area contributed by atoms with Crippen LogP contribution in [0.4, 0.5) is 8.78 Å². The molecule has 1 unspecified atom stereocenters. The number of hydrogen-bond donors (Lipinski definition) is 1. The third kappa shape index (κ3) is 5.99. The van der Waals surface area contributed by atoms with Crippen molar-refractivity contribution in [1.29, 1.82) is 0 Å². The van der Waals surface area contributed by atoms with E-state index < -0.39 is 12.5 Å². The van der Waals surface area contributed by atoms with Gasteiger partial charge in [-0.3, -0.25) is 4.79 Å². The van der Waals surface area contributed by atoms with Gasteiger partial charge in [0.1, 0.15) is 5.75 Å². The fraction of sp³-hybridized carbons (Fsp3) is 0.278. The number of benzene rings is 2. The molecule has 0 aromatic heterocycles. The number of rotatable bonds is 7. The normalized spacial score (nSPS) is 11.6. The maximum absolute atomic E-state index is 12.6. The summed E-state index contributed by atoms with van der Waals surface area (Å²) in [6, 6.07) is 15.6. The smallest absolute Gasteiger partial charge is 0.387 e. The number of carbonyl (C=O) groups excluding carboxylic acids is 1. The zero-order valence-corrected chi connectivity index (χ0v) is 14.6. The Morgan fingerprint density at radius 1 is 1.12 bits per heavy atom. The van der Waals surface area contributed by atoms with Crippen molar-refractivity contribution in [1.82, 2.24) is 4.90 Å². The Morgan fingerprint density at radius 3 is 2.24 bits per heavy atom. The van der Waals surface area contributed by atoms with Gasteiger partial charge in [0.25, 0.3) is 0 Å². The van der Waals surface area contributed by atoms with Crippen LogP contribution in [0, 0.1) is 0 Å². The van der Waals surface area contributed by atoms with Crippen LogP contribution in [0.2, 0.25) is 0 Å². The van der Waals surface area contributed by atoms with E-state index in [1.165, 1.54) is 12.1 Å². The van der Waals surface area contributed by atoms with Crippen LogP contribution in [0.5, 0.6) is 5.75 Å². The number of carbonyl (C=O) groups is 1. The van der Waals surface area contributed by atoms with Crippen LogP contribution in [-0.4, -0.2) is 31.0 Å². The molecule has 0 bridgehead atoms. The van der Waals surface area contributed by atoms with E-state index in [1.807, 2.05) is 30.3 Å². The van der Waals surface area contributed by atoms with Gasteiger partial charge in [-0.2, -0.15) is 8.78 Å². The van der Waals surface area contributed by atoms with Crippen molar-refractivity contribution >= 4 is 18.3 Å². The lowest BCUT2D eigenvalue weighted by Gasteiger charge is -2.23. The molecule has 0 aliphatic carbocycles. The fourth-order valence-corrected chi connectivity index (χ4v) is 2.46. The average molecular weight is 371 g/mol. The highest BCUT2D eigenvalue weighted by molar-refractivity contribution is 5.85. The average Bonchev–Trinajstić information content (AvgIpc) is 2.57. The van der Waals surface area contributed by atoms with Gasteiger partial charge < -0.3 is 15.4 Å². The molecule has 0 aliphatic heterocycles. The summed E-state index contributed by atoms with van der Waals surface area (Å²) in [5.74, 6) is -0.402. The first-order valence-electron chi connectivity index (χ1n) is 7.55. The Bertz CT molecular complexity index is 654. The van der Waals surface area contributed by atoms with Gasteiger partial charge in [-0.25, -0.2) is 0 Å². The maximum Gasteiger partial charge on any atom is 0.387 e. The largest absolute Gasteiger partial charge is 0.435 e. The Kier molecular flexibility index (Phi) is 8.31. The second kappa shape index (κ2) is 9.96. The van der Waals surface area contributed by atoms with Crippen LogP contribution in [-0.2, 0) is 11.3 Å². The second-order valence-electron chi connectivity index (χ2n) is 5.42. The highest BCUT2D eigenvalue weighted by Gasteiger charge is 2.22. The first-order chi connectivity index (χ1) is 11.5. The summed E-state index contributed by atoms with van der Waals surface area (Å²) in [5.41, 5.74) is 7.46. The summed E-state index contributed by atoms with van der Waals surface area (Å²) < 4.78 is 28.6. The third-order valence-corrected chi connectivity index (χ3v) is 3.68. The number of amides is 1. The Balaban J connectivity index is 0.00000312. The SMILES string of the molecule is CN(Cc1ccc(OC(F)F)cc1)C(=O)C(CN)c1ccccc1.Cl. The maximum atomic E-state index is 12.6. The van der Waals surface area contributed by atoms with Gasteiger partial charge in [0, 0.05) is 20.1 Å². The molecule has 7 heteroatoms. The lowest BCUT2D eigenvalue weighted by Crippen LogP contribution is -2.34. The van der Waals surface area contributed by atoms with Gasteiger partial charge in [-0.05, 0) is 23.3 Å². The molecule has 4 nitrogen and oxygen atoms in total. The number of likely N-dealkylation sites (N-methyl/N-ethyl adjacent to an activating group) is 1. The minimum atomic E-state index is -2.85. The molecule has 1 atom stereocenters. The van der Waals surface area contributed by atoms with Gasteiger partial charge in [-0.15, -0.1) is 12.4 Å². The topological polar surface area (TPSA) is 55.6 Å². The molecule has 136 valence electrons. The van der Waals surface area contributed by atoms with Crippen LogP contribution in [0.25, 0.3) is 0 Å². The number of hydrogen-bond acceptors (Lipinski definition) is 3. The molecule has 2 aromatic carbocycles. The van der Waals surface area contributed by atoms with Crippen molar-refractivity contribution in [2.75, 3.05) is 13.6 Å². The van der Waals surface area contributed by atoms with E-state index >= 15 is 0 Å². The molecular weight excluding hydrogens is 350 g/mol. The van der Waals surface area contributed by atoms with Gasteiger partial charge >= 0.3 is 6.61 Å². The fourth-order valence-electron chi connectivity index (χ4n) is 2.46. The molecule has 0 radical (unpaired) electrons. The minimum Gasteiger partial charge on any atom is -0.435 e.